The molecule has 0 spiro atoms. The summed E-state index contributed by atoms with van der Waals surface area (Å²) in [5.74, 6) is 0. The van der Waals surface area contributed by atoms with Crippen LogP contribution < -0.4 is 5.73 Å². The van der Waals surface area contributed by atoms with Crippen LogP contribution in [0.2, 0.25) is 0 Å². The van der Waals surface area contributed by atoms with E-state index in [2.05, 4.69) is 27.7 Å². The van der Waals surface area contributed by atoms with Crippen molar-refractivity contribution in [1.82, 2.24) is 14.5 Å². The molecule has 17 heavy (non-hydrogen) atoms. The van der Waals surface area contributed by atoms with Gasteiger partial charge in [0.1, 0.15) is 0 Å². The van der Waals surface area contributed by atoms with Crippen LogP contribution in [0.25, 0.3) is 11.3 Å². The summed E-state index contributed by atoms with van der Waals surface area (Å²) in [5.41, 5.74) is 8.66. The van der Waals surface area contributed by atoms with Crippen LogP contribution >= 0.6 is 11.8 Å². The maximum Gasteiger partial charge on any atom is 0.0951 e. The topological polar surface area (TPSA) is 56.7 Å². The van der Waals surface area contributed by atoms with Crippen molar-refractivity contribution in [1.29, 1.82) is 0 Å². The van der Waals surface area contributed by atoms with Gasteiger partial charge in [0.05, 0.1) is 18.2 Å². The fraction of sp³-hybridized carbons (Fsp3) is 0.333. The second-order valence-corrected chi connectivity index (χ2v) is 5.22. The van der Waals surface area contributed by atoms with Crippen molar-refractivity contribution in [3.63, 3.8) is 0 Å². The summed E-state index contributed by atoms with van der Waals surface area (Å²) in [7, 11) is 0. The van der Waals surface area contributed by atoms with Crippen molar-refractivity contribution in [3.05, 3.63) is 31.0 Å². The molecule has 90 valence electrons. The summed E-state index contributed by atoms with van der Waals surface area (Å²) >= 11 is 1.84. The monoisotopic (exact) mass is 248 g/mol. The minimum absolute atomic E-state index is 0.542. The normalized spacial score (nSPS) is 12.6. The largest absolute Gasteiger partial charge is 0.398 e. The minimum Gasteiger partial charge on any atom is -0.398 e. The van der Waals surface area contributed by atoms with Crippen molar-refractivity contribution in [2.24, 2.45) is 0 Å². The molecule has 0 saturated heterocycles. The Morgan fingerprint density at radius 3 is 2.94 bits per heavy atom. The second kappa shape index (κ2) is 5.23. The quantitative estimate of drug-likeness (QED) is 0.902. The Hall–Kier alpha value is -1.49. The van der Waals surface area contributed by atoms with Crippen LogP contribution in [-0.4, -0.2) is 26.0 Å². The van der Waals surface area contributed by atoms with E-state index in [1.54, 1.807) is 12.4 Å². The summed E-state index contributed by atoms with van der Waals surface area (Å²) in [6.45, 7) is 3.12. The summed E-state index contributed by atoms with van der Waals surface area (Å²) in [4.78, 5) is 8.31. The molecule has 0 fully saturated rings. The number of nitrogen functional groups attached to an aromatic ring is 1. The van der Waals surface area contributed by atoms with E-state index >= 15 is 0 Å². The van der Waals surface area contributed by atoms with Crippen LogP contribution in [0.15, 0.2) is 31.0 Å². The lowest BCUT2D eigenvalue weighted by Gasteiger charge is -2.13. The van der Waals surface area contributed by atoms with Crippen molar-refractivity contribution < 1.29 is 0 Å². The smallest absolute Gasteiger partial charge is 0.0951 e. The van der Waals surface area contributed by atoms with E-state index < -0.39 is 0 Å². The van der Waals surface area contributed by atoms with E-state index in [9.17, 15) is 0 Å². The van der Waals surface area contributed by atoms with Gasteiger partial charge in [-0.1, -0.05) is 6.92 Å². The van der Waals surface area contributed by atoms with E-state index in [1.807, 2.05) is 30.4 Å². The highest BCUT2D eigenvalue weighted by atomic mass is 32.2. The first-order chi connectivity index (χ1) is 8.22. The van der Waals surface area contributed by atoms with E-state index in [0.717, 1.165) is 23.5 Å². The summed E-state index contributed by atoms with van der Waals surface area (Å²) < 4.78 is 2.12. The second-order valence-electron chi connectivity index (χ2n) is 3.94. The number of pyridine rings is 1. The molecule has 0 aliphatic rings. The lowest BCUT2D eigenvalue weighted by Crippen LogP contribution is -2.09. The lowest BCUT2D eigenvalue weighted by atomic mass is 10.2. The standard InChI is InChI=1S/C12H16N4S/c1-9(17-2)7-16-8-15-6-12(16)10-5-14-4-3-11(10)13/h3-6,8-9H,7H2,1-2H3,(H2,13,14). The number of imidazole rings is 1. The molecule has 0 saturated carbocycles. The van der Waals surface area contributed by atoms with E-state index in [0.29, 0.717) is 5.25 Å². The molecule has 1 atom stereocenters. The van der Waals surface area contributed by atoms with Gasteiger partial charge in [-0.2, -0.15) is 11.8 Å². The summed E-state index contributed by atoms with van der Waals surface area (Å²) in [5, 5.41) is 0.542. The van der Waals surface area contributed by atoms with Crippen LogP contribution in [0, 0.1) is 0 Å². The molecule has 2 aromatic heterocycles. The van der Waals surface area contributed by atoms with Gasteiger partial charge in [0.15, 0.2) is 0 Å². The van der Waals surface area contributed by atoms with Crippen molar-refractivity contribution in [2.45, 2.75) is 18.7 Å². The lowest BCUT2D eigenvalue weighted by molar-refractivity contribution is 0.698. The Labute approximate surface area is 105 Å². The van der Waals surface area contributed by atoms with Crippen LogP contribution in [0.4, 0.5) is 5.69 Å². The Morgan fingerprint density at radius 2 is 2.24 bits per heavy atom. The number of hydrogen-bond donors (Lipinski definition) is 1. The zero-order valence-corrected chi connectivity index (χ0v) is 10.8. The zero-order chi connectivity index (χ0) is 12.3. The highest BCUT2D eigenvalue weighted by Gasteiger charge is 2.10. The van der Waals surface area contributed by atoms with Crippen molar-refractivity contribution >= 4 is 17.4 Å². The van der Waals surface area contributed by atoms with Gasteiger partial charge in [0.25, 0.3) is 0 Å². The number of aromatic nitrogens is 3. The fourth-order valence-corrected chi connectivity index (χ4v) is 1.97. The number of thioether (sulfide) groups is 1. The van der Waals surface area contributed by atoms with Crippen molar-refractivity contribution in [3.8, 4) is 11.3 Å². The van der Waals surface area contributed by atoms with Gasteiger partial charge in [0.2, 0.25) is 0 Å². The molecule has 0 aliphatic carbocycles. The van der Waals surface area contributed by atoms with Gasteiger partial charge in [-0.15, -0.1) is 0 Å². The summed E-state index contributed by atoms with van der Waals surface area (Å²) in [6, 6.07) is 1.81. The third-order valence-corrected chi connectivity index (χ3v) is 3.65. The molecule has 2 aromatic rings. The average molecular weight is 248 g/mol. The van der Waals surface area contributed by atoms with Crippen molar-refractivity contribution in [2.75, 3.05) is 12.0 Å². The van der Waals surface area contributed by atoms with Crippen LogP contribution in [0.3, 0.4) is 0 Å². The van der Waals surface area contributed by atoms with Gasteiger partial charge >= 0.3 is 0 Å². The van der Waals surface area contributed by atoms with Gasteiger partial charge < -0.3 is 10.3 Å². The van der Waals surface area contributed by atoms with Crippen LogP contribution in [-0.2, 0) is 6.54 Å². The molecule has 0 bridgehead atoms. The molecule has 5 heteroatoms. The SMILES string of the molecule is CSC(C)Cn1cncc1-c1cnccc1N. The Balaban J connectivity index is 2.34. The zero-order valence-electron chi connectivity index (χ0n) is 10.00. The van der Waals surface area contributed by atoms with E-state index in [1.165, 1.54) is 0 Å². The molecule has 0 aliphatic heterocycles. The maximum atomic E-state index is 5.96. The van der Waals surface area contributed by atoms with Gasteiger partial charge in [0, 0.05) is 35.4 Å². The fourth-order valence-electron chi connectivity index (χ4n) is 1.66. The van der Waals surface area contributed by atoms with Gasteiger partial charge in [-0.25, -0.2) is 4.98 Å². The van der Waals surface area contributed by atoms with Crippen LogP contribution in [0.1, 0.15) is 6.92 Å². The van der Waals surface area contributed by atoms with E-state index in [4.69, 9.17) is 5.73 Å². The molecular formula is C12H16N4S. The first-order valence-electron chi connectivity index (χ1n) is 5.45. The highest BCUT2D eigenvalue weighted by Crippen LogP contribution is 2.25. The number of anilines is 1. The van der Waals surface area contributed by atoms with E-state index in [-0.39, 0.29) is 0 Å². The van der Waals surface area contributed by atoms with Gasteiger partial charge in [-0.3, -0.25) is 4.98 Å². The minimum atomic E-state index is 0.542. The molecule has 2 heterocycles. The number of nitrogens with two attached hydrogens (primary N) is 1. The predicted octanol–water partition coefficient (Wildman–Crippen LogP) is 2.28. The molecule has 1 unspecified atom stereocenters. The molecule has 0 amide bonds. The Kier molecular flexibility index (Phi) is 3.68. The predicted molar refractivity (Wildman–Crippen MR) is 72.8 cm³/mol. The Morgan fingerprint density at radius 1 is 1.41 bits per heavy atom. The number of rotatable bonds is 4. The third-order valence-electron chi connectivity index (χ3n) is 2.70. The maximum absolute atomic E-state index is 5.96. The summed E-state index contributed by atoms with van der Waals surface area (Å²) in [6.07, 6.45) is 9.27. The third kappa shape index (κ3) is 2.61. The average Bonchev–Trinajstić information content (AvgIpc) is 2.77. The van der Waals surface area contributed by atoms with Gasteiger partial charge in [-0.05, 0) is 12.3 Å². The molecule has 2 N–H and O–H groups in total. The van der Waals surface area contributed by atoms with Crippen LogP contribution in [0.5, 0.6) is 0 Å². The molecule has 2 rings (SSSR count). The first-order valence-corrected chi connectivity index (χ1v) is 6.74. The number of nitrogens with zero attached hydrogens (tertiary/aromatic N) is 3. The first kappa shape index (κ1) is 12.0. The molecule has 0 radical (unpaired) electrons. The molecule has 4 nitrogen and oxygen atoms in total. The number of hydrogen-bond acceptors (Lipinski definition) is 4. The molecular weight excluding hydrogens is 232 g/mol. The Bertz CT molecular complexity index is 495. The molecule has 0 aromatic carbocycles. The highest BCUT2D eigenvalue weighted by molar-refractivity contribution is 7.99.